The van der Waals surface area contributed by atoms with Crippen molar-refractivity contribution in [3.05, 3.63) is 28.2 Å². The molecule has 1 aromatic carbocycles. The minimum atomic E-state index is 0.0806. The fraction of sp³-hybridized carbons (Fsp3) is 0.625. The molecule has 2 atom stereocenters. The first-order chi connectivity index (χ1) is 9.11. The van der Waals surface area contributed by atoms with Crippen LogP contribution in [0.3, 0.4) is 0 Å². The van der Waals surface area contributed by atoms with Crippen molar-refractivity contribution in [3.8, 4) is 0 Å². The smallest absolute Gasteiger partial charge is 0.0377 e. The predicted octanol–water partition coefficient (Wildman–Crippen LogP) is 4.49. The van der Waals surface area contributed by atoms with E-state index >= 15 is 0 Å². The first-order valence-electron chi connectivity index (χ1n) is 7.41. The minimum Gasteiger partial charge on any atom is -0.371 e. The Morgan fingerprint density at radius 3 is 2.79 bits per heavy atom. The van der Waals surface area contributed by atoms with Crippen LogP contribution in [0.15, 0.2) is 22.7 Å². The second kappa shape index (κ2) is 6.76. The molecule has 1 aliphatic rings. The molecule has 1 saturated heterocycles. The van der Waals surface area contributed by atoms with Crippen molar-refractivity contribution in [2.24, 2.45) is 11.7 Å². The highest BCUT2D eigenvalue weighted by atomic mass is 79.9. The summed E-state index contributed by atoms with van der Waals surface area (Å²) in [5, 5.41) is 0. The third-order valence-corrected chi connectivity index (χ3v) is 4.95. The normalized spacial score (nSPS) is 22.1. The van der Waals surface area contributed by atoms with Crippen molar-refractivity contribution < 1.29 is 0 Å². The van der Waals surface area contributed by atoms with E-state index in [1.54, 1.807) is 0 Å². The van der Waals surface area contributed by atoms with Gasteiger partial charge in [0.1, 0.15) is 0 Å². The van der Waals surface area contributed by atoms with Crippen molar-refractivity contribution in [1.82, 2.24) is 0 Å². The Morgan fingerprint density at radius 1 is 1.37 bits per heavy atom. The quantitative estimate of drug-likeness (QED) is 0.887. The van der Waals surface area contributed by atoms with Gasteiger partial charge in [0.25, 0.3) is 0 Å². The average Bonchev–Trinajstić information content (AvgIpc) is 2.63. The van der Waals surface area contributed by atoms with E-state index in [1.807, 2.05) is 6.92 Å². The van der Waals surface area contributed by atoms with Gasteiger partial charge in [-0.25, -0.2) is 0 Å². The highest BCUT2D eigenvalue weighted by Gasteiger charge is 2.17. The zero-order valence-corrected chi connectivity index (χ0v) is 13.6. The van der Waals surface area contributed by atoms with Crippen LogP contribution in [0.4, 0.5) is 5.69 Å². The predicted molar refractivity (Wildman–Crippen MR) is 86.6 cm³/mol. The molecule has 0 radical (unpaired) electrons. The Kier molecular flexibility index (Phi) is 5.28. The van der Waals surface area contributed by atoms with Gasteiger partial charge in [0.05, 0.1) is 0 Å². The lowest BCUT2D eigenvalue weighted by molar-refractivity contribution is 0.459. The third kappa shape index (κ3) is 3.73. The Morgan fingerprint density at radius 2 is 2.16 bits per heavy atom. The molecule has 1 heterocycles. The van der Waals surface area contributed by atoms with Crippen molar-refractivity contribution in [2.45, 2.75) is 45.6 Å². The second-order valence-electron chi connectivity index (χ2n) is 5.69. The van der Waals surface area contributed by atoms with Gasteiger partial charge in [0.15, 0.2) is 0 Å². The largest absolute Gasteiger partial charge is 0.371 e. The van der Waals surface area contributed by atoms with Crippen LogP contribution >= 0.6 is 15.9 Å². The van der Waals surface area contributed by atoms with Crippen LogP contribution in [0.5, 0.6) is 0 Å². The number of hydrogen-bond acceptors (Lipinski definition) is 2. The maximum atomic E-state index is 5.96. The molecular formula is C16H25BrN2. The van der Waals surface area contributed by atoms with E-state index in [9.17, 15) is 0 Å². The van der Waals surface area contributed by atoms with Crippen LogP contribution < -0.4 is 10.6 Å². The number of anilines is 1. The fourth-order valence-electron chi connectivity index (χ4n) is 2.91. The Balaban J connectivity index is 2.11. The summed E-state index contributed by atoms with van der Waals surface area (Å²) < 4.78 is 1.14. The van der Waals surface area contributed by atoms with Gasteiger partial charge in [0.2, 0.25) is 0 Å². The van der Waals surface area contributed by atoms with Crippen LogP contribution in [-0.4, -0.2) is 13.1 Å². The van der Waals surface area contributed by atoms with Crippen molar-refractivity contribution >= 4 is 21.6 Å². The Hall–Kier alpha value is -0.540. The standard InChI is InChI=1S/C16H25BrN2/c1-3-13-5-4-9-19(10-8-13)14-6-7-15(12(2)18)16(17)11-14/h6-7,11-13H,3-5,8-10,18H2,1-2H3. The summed E-state index contributed by atoms with van der Waals surface area (Å²) >= 11 is 3.65. The van der Waals surface area contributed by atoms with Gasteiger partial charge in [-0.1, -0.05) is 35.3 Å². The molecule has 3 heteroatoms. The van der Waals surface area contributed by atoms with E-state index in [1.165, 1.54) is 50.0 Å². The van der Waals surface area contributed by atoms with Gasteiger partial charge in [-0.3, -0.25) is 0 Å². The van der Waals surface area contributed by atoms with Crippen LogP contribution in [0.1, 0.15) is 51.1 Å². The van der Waals surface area contributed by atoms with E-state index in [4.69, 9.17) is 5.73 Å². The molecule has 2 unspecified atom stereocenters. The summed E-state index contributed by atoms with van der Waals surface area (Å²) in [7, 11) is 0. The number of benzene rings is 1. The van der Waals surface area contributed by atoms with Crippen LogP contribution in [0.25, 0.3) is 0 Å². The minimum absolute atomic E-state index is 0.0806. The number of hydrogen-bond donors (Lipinski definition) is 1. The molecule has 0 bridgehead atoms. The molecule has 0 spiro atoms. The molecule has 1 fully saturated rings. The fourth-order valence-corrected chi connectivity index (χ4v) is 3.64. The van der Waals surface area contributed by atoms with Gasteiger partial charge >= 0.3 is 0 Å². The van der Waals surface area contributed by atoms with E-state index in [-0.39, 0.29) is 6.04 Å². The number of nitrogens with two attached hydrogens (primary N) is 1. The first-order valence-corrected chi connectivity index (χ1v) is 8.21. The summed E-state index contributed by atoms with van der Waals surface area (Å²) in [6, 6.07) is 6.68. The molecule has 2 rings (SSSR count). The zero-order chi connectivity index (χ0) is 13.8. The number of rotatable bonds is 3. The monoisotopic (exact) mass is 324 g/mol. The van der Waals surface area contributed by atoms with Crippen molar-refractivity contribution in [2.75, 3.05) is 18.0 Å². The molecule has 1 aromatic rings. The number of halogens is 1. The molecule has 0 aromatic heterocycles. The molecule has 106 valence electrons. The topological polar surface area (TPSA) is 29.3 Å². The molecule has 1 aliphatic heterocycles. The second-order valence-corrected chi connectivity index (χ2v) is 6.54. The highest BCUT2D eigenvalue weighted by molar-refractivity contribution is 9.10. The van der Waals surface area contributed by atoms with Crippen LogP contribution in [-0.2, 0) is 0 Å². The Bertz CT molecular complexity index is 417. The molecule has 2 nitrogen and oxygen atoms in total. The van der Waals surface area contributed by atoms with Crippen LogP contribution in [0, 0.1) is 5.92 Å². The lowest BCUT2D eigenvalue weighted by Gasteiger charge is -2.24. The van der Waals surface area contributed by atoms with Crippen molar-refractivity contribution in [3.63, 3.8) is 0 Å². The molecule has 0 aliphatic carbocycles. The lowest BCUT2D eigenvalue weighted by Crippen LogP contribution is -2.24. The summed E-state index contributed by atoms with van der Waals surface area (Å²) in [4.78, 5) is 2.52. The number of nitrogens with zero attached hydrogens (tertiary/aromatic N) is 1. The zero-order valence-electron chi connectivity index (χ0n) is 12.0. The molecule has 2 N–H and O–H groups in total. The summed E-state index contributed by atoms with van der Waals surface area (Å²) in [6.45, 7) is 6.70. The van der Waals surface area contributed by atoms with Crippen molar-refractivity contribution in [1.29, 1.82) is 0 Å². The summed E-state index contributed by atoms with van der Waals surface area (Å²) in [5.41, 5.74) is 8.47. The van der Waals surface area contributed by atoms with Gasteiger partial charge in [0, 0.05) is 29.3 Å². The maximum absolute atomic E-state index is 5.96. The van der Waals surface area contributed by atoms with E-state index < -0.39 is 0 Å². The summed E-state index contributed by atoms with van der Waals surface area (Å²) in [6.07, 6.45) is 5.33. The molecular weight excluding hydrogens is 300 g/mol. The van der Waals surface area contributed by atoms with E-state index in [2.05, 4.69) is 46.0 Å². The molecule has 0 saturated carbocycles. The summed E-state index contributed by atoms with van der Waals surface area (Å²) in [5.74, 6) is 0.914. The van der Waals surface area contributed by atoms with E-state index in [0.717, 1.165) is 10.4 Å². The van der Waals surface area contributed by atoms with Gasteiger partial charge < -0.3 is 10.6 Å². The van der Waals surface area contributed by atoms with E-state index in [0.29, 0.717) is 0 Å². The third-order valence-electron chi connectivity index (χ3n) is 4.26. The van der Waals surface area contributed by atoms with Gasteiger partial charge in [-0.15, -0.1) is 0 Å². The van der Waals surface area contributed by atoms with Gasteiger partial charge in [-0.05, 0) is 49.8 Å². The lowest BCUT2D eigenvalue weighted by atomic mass is 9.98. The Labute approximate surface area is 125 Å². The maximum Gasteiger partial charge on any atom is 0.0377 e. The van der Waals surface area contributed by atoms with Gasteiger partial charge in [-0.2, -0.15) is 0 Å². The first kappa shape index (κ1) is 14.9. The molecule has 19 heavy (non-hydrogen) atoms. The SMILES string of the molecule is CCC1CCCN(c2ccc(C(C)N)c(Br)c2)CC1. The average molecular weight is 325 g/mol. The molecule has 0 amide bonds. The highest BCUT2D eigenvalue weighted by Crippen LogP contribution is 2.30. The van der Waals surface area contributed by atoms with Crippen LogP contribution in [0.2, 0.25) is 0 Å².